The van der Waals surface area contributed by atoms with Crippen LogP contribution in [-0.2, 0) is 15.8 Å². The number of benzene rings is 1. The van der Waals surface area contributed by atoms with E-state index in [0.717, 1.165) is 19.1 Å². The van der Waals surface area contributed by atoms with Crippen LogP contribution in [0.5, 0.6) is 0 Å². The van der Waals surface area contributed by atoms with Gasteiger partial charge in [-0.2, -0.15) is 13.2 Å². The monoisotopic (exact) mass is 360 g/mol. The lowest BCUT2D eigenvalue weighted by molar-refractivity contribution is -0.138. The van der Waals surface area contributed by atoms with Crippen LogP contribution in [-0.4, -0.2) is 35.4 Å². The second kappa shape index (κ2) is 8.00. The van der Waals surface area contributed by atoms with Crippen LogP contribution in [0.25, 0.3) is 0 Å². The number of aliphatic carboxylic acids is 1. The Morgan fingerprint density at radius 1 is 1.20 bits per heavy atom. The van der Waals surface area contributed by atoms with Crippen molar-refractivity contribution in [3.63, 3.8) is 0 Å². The normalized spacial score (nSPS) is 12.6. The molecule has 138 valence electrons. The van der Waals surface area contributed by atoms with Gasteiger partial charge in [-0.05, 0) is 18.9 Å². The molecule has 0 aromatic heterocycles. The van der Waals surface area contributed by atoms with E-state index in [2.05, 4.69) is 10.6 Å². The average molecular weight is 360 g/mol. The molecule has 0 radical (unpaired) electrons. The second-order valence-corrected chi connectivity index (χ2v) is 5.76. The summed E-state index contributed by atoms with van der Waals surface area (Å²) in [6, 6.07) is 2.35. The Bertz CT molecular complexity index is 672. The molecule has 1 aromatic carbocycles. The lowest BCUT2D eigenvalue weighted by atomic mass is 9.98. The lowest BCUT2D eigenvalue weighted by Crippen LogP contribution is -2.45. The standard InChI is InChI=1S/C16H19F3N2O4/c1-8(2)14(15(25)20-7-12(23)24)21-11-6-4-5-10(9(3)22)13(11)16(17,18)19/h4-6,8,14,21H,7H2,1-3H3,(H,20,25)(H,23,24). The number of halogens is 3. The number of Topliss-reactive ketones (excluding diaryl/α,β-unsaturated/α-hetero) is 1. The zero-order valence-corrected chi connectivity index (χ0v) is 13.9. The second-order valence-electron chi connectivity index (χ2n) is 5.76. The Morgan fingerprint density at radius 2 is 1.80 bits per heavy atom. The molecule has 25 heavy (non-hydrogen) atoms. The van der Waals surface area contributed by atoms with Gasteiger partial charge in [-0.3, -0.25) is 14.4 Å². The van der Waals surface area contributed by atoms with Crippen LogP contribution in [0.3, 0.4) is 0 Å². The molecule has 0 saturated carbocycles. The van der Waals surface area contributed by atoms with Crippen LogP contribution in [0, 0.1) is 5.92 Å². The largest absolute Gasteiger partial charge is 0.480 e. The first-order valence-corrected chi connectivity index (χ1v) is 7.42. The smallest absolute Gasteiger partial charge is 0.419 e. The number of anilines is 1. The van der Waals surface area contributed by atoms with Gasteiger partial charge in [0.2, 0.25) is 5.91 Å². The number of carbonyl (C=O) groups excluding carboxylic acids is 2. The van der Waals surface area contributed by atoms with E-state index in [4.69, 9.17) is 5.11 Å². The molecule has 0 heterocycles. The highest BCUT2D eigenvalue weighted by Crippen LogP contribution is 2.38. The molecule has 3 N–H and O–H groups in total. The third-order valence-electron chi connectivity index (χ3n) is 3.40. The number of carbonyl (C=O) groups is 3. The van der Waals surface area contributed by atoms with Crippen molar-refractivity contribution in [1.82, 2.24) is 5.32 Å². The van der Waals surface area contributed by atoms with Gasteiger partial charge in [0.15, 0.2) is 5.78 Å². The maximum atomic E-state index is 13.4. The van der Waals surface area contributed by atoms with Crippen molar-refractivity contribution in [2.24, 2.45) is 5.92 Å². The van der Waals surface area contributed by atoms with E-state index in [-0.39, 0.29) is 0 Å². The van der Waals surface area contributed by atoms with Crippen molar-refractivity contribution < 1.29 is 32.7 Å². The van der Waals surface area contributed by atoms with Crippen molar-refractivity contribution >= 4 is 23.3 Å². The SMILES string of the molecule is CC(=O)c1cccc(NC(C(=O)NCC(=O)O)C(C)C)c1C(F)(F)F. The number of alkyl halides is 3. The first kappa shape index (κ1) is 20.5. The lowest BCUT2D eigenvalue weighted by Gasteiger charge is -2.25. The number of rotatable bonds is 7. The molecule has 0 bridgehead atoms. The van der Waals surface area contributed by atoms with Crippen molar-refractivity contribution in [2.45, 2.75) is 33.0 Å². The molecule has 1 rings (SSSR count). The highest BCUT2D eigenvalue weighted by Gasteiger charge is 2.38. The van der Waals surface area contributed by atoms with Gasteiger partial charge in [0.05, 0.1) is 5.56 Å². The maximum Gasteiger partial charge on any atom is 0.419 e. The molecule has 0 saturated heterocycles. The van der Waals surface area contributed by atoms with Gasteiger partial charge in [0, 0.05) is 11.3 Å². The zero-order chi connectivity index (χ0) is 19.4. The van der Waals surface area contributed by atoms with Gasteiger partial charge in [-0.15, -0.1) is 0 Å². The van der Waals surface area contributed by atoms with Crippen LogP contribution >= 0.6 is 0 Å². The van der Waals surface area contributed by atoms with Crippen molar-refractivity contribution in [2.75, 3.05) is 11.9 Å². The van der Waals surface area contributed by atoms with Crippen LogP contribution in [0.4, 0.5) is 18.9 Å². The van der Waals surface area contributed by atoms with E-state index in [0.29, 0.717) is 0 Å². The Morgan fingerprint density at radius 3 is 2.24 bits per heavy atom. The molecule has 0 fully saturated rings. The molecule has 1 unspecified atom stereocenters. The summed E-state index contributed by atoms with van der Waals surface area (Å²) in [6.45, 7) is 3.57. The maximum absolute atomic E-state index is 13.4. The van der Waals surface area contributed by atoms with Crippen LogP contribution < -0.4 is 10.6 Å². The van der Waals surface area contributed by atoms with E-state index >= 15 is 0 Å². The van der Waals surface area contributed by atoms with Crippen molar-refractivity contribution in [1.29, 1.82) is 0 Å². The first-order valence-electron chi connectivity index (χ1n) is 7.42. The van der Waals surface area contributed by atoms with Crippen molar-refractivity contribution in [3.8, 4) is 0 Å². The molecule has 6 nitrogen and oxygen atoms in total. The minimum atomic E-state index is -4.80. The minimum absolute atomic E-state index is 0.413. The van der Waals surface area contributed by atoms with E-state index < -0.39 is 59.2 Å². The summed E-state index contributed by atoms with van der Waals surface area (Å²) in [5.41, 5.74) is -2.07. The van der Waals surface area contributed by atoms with E-state index in [1.807, 2.05) is 0 Å². The summed E-state index contributed by atoms with van der Waals surface area (Å²) in [4.78, 5) is 34.2. The molecular weight excluding hydrogens is 341 g/mol. The van der Waals surface area contributed by atoms with E-state index in [1.165, 1.54) is 6.07 Å². The molecule has 0 aliphatic heterocycles. The van der Waals surface area contributed by atoms with Crippen LogP contribution in [0.15, 0.2) is 18.2 Å². The number of ketones is 1. The fourth-order valence-electron chi connectivity index (χ4n) is 2.25. The Hall–Kier alpha value is -2.58. The third kappa shape index (κ3) is 5.47. The van der Waals surface area contributed by atoms with Gasteiger partial charge in [-0.25, -0.2) is 0 Å². The summed E-state index contributed by atoms with van der Waals surface area (Å²) in [7, 11) is 0. The highest BCUT2D eigenvalue weighted by molar-refractivity contribution is 5.97. The van der Waals surface area contributed by atoms with E-state index in [1.54, 1.807) is 13.8 Å². The Labute approximate surface area is 142 Å². The van der Waals surface area contributed by atoms with Gasteiger partial charge in [0.1, 0.15) is 12.6 Å². The number of hydrogen-bond acceptors (Lipinski definition) is 4. The Kier molecular flexibility index (Phi) is 6.55. The Balaban J connectivity index is 3.26. The van der Waals surface area contributed by atoms with Gasteiger partial charge in [0.25, 0.3) is 0 Å². The topological polar surface area (TPSA) is 95.5 Å². The summed E-state index contributed by atoms with van der Waals surface area (Å²) < 4.78 is 40.2. The van der Waals surface area contributed by atoms with E-state index in [9.17, 15) is 27.6 Å². The van der Waals surface area contributed by atoms with Crippen LogP contribution in [0.1, 0.15) is 36.7 Å². The fourth-order valence-corrected chi connectivity index (χ4v) is 2.25. The molecule has 9 heteroatoms. The summed E-state index contributed by atoms with van der Waals surface area (Å²) in [5, 5.41) is 13.2. The first-order chi connectivity index (χ1) is 11.4. The molecule has 0 aliphatic carbocycles. The van der Waals surface area contributed by atoms with Crippen LogP contribution in [0.2, 0.25) is 0 Å². The molecule has 0 spiro atoms. The highest BCUT2D eigenvalue weighted by atomic mass is 19.4. The number of carboxylic acid groups (broad SMARTS) is 1. The van der Waals surface area contributed by atoms with Gasteiger partial charge < -0.3 is 15.7 Å². The number of nitrogens with one attached hydrogen (secondary N) is 2. The third-order valence-corrected chi connectivity index (χ3v) is 3.40. The fraction of sp³-hybridized carbons (Fsp3) is 0.438. The van der Waals surface area contributed by atoms with Gasteiger partial charge >= 0.3 is 12.1 Å². The molecular formula is C16H19F3N2O4. The predicted molar refractivity (Wildman–Crippen MR) is 84.3 cm³/mol. The number of amides is 1. The molecule has 0 aliphatic rings. The predicted octanol–water partition coefficient (Wildman–Crippen LogP) is 2.55. The number of hydrogen-bond donors (Lipinski definition) is 3. The summed E-state index contributed by atoms with van der Waals surface area (Å²) in [6.07, 6.45) is -4.80. The molecule has 1 atom stereocenters. The summed E-state index contributed by atoms with van der Waals surface area (Å²) >= 11 is 0. The zero-order valence-electron chi connectivity index (χ0n) is 13.9. The minimum Gasteiger partial charge on any atom is -0.480 e. The average Bonchev–Trinajstić information content (AvgIpc) is 2.48. The quantitative estimate of drug-likeness (QED) is 0.650. The molecule has 1 amide bonds. The van der Waals surface area contributed by atoms with Gasteiger partial charge in [-0.1, -0.05) is 26.0 Å². The van der Waals surface area contributed by atoms with Crippen molar-refractivity contribution in [3.05, 3.63) is 29.3 Å². The number of carboxylic acids is 1. The summed E-state index contributed by atoms with van der Waals surface area (Å²) in [5.74, 6) is -3.22. The molecule has 1 aromatic rings.